The zero-order chi connectivity index (χ0) is 23.8. The Morgan fingerprint density at radius 2 is 1.53 bits per heavy atom. The predicted octanol–water partition coefficient (Wildman–Crippen LogP) is 7.32. The molecule has 0 saturated heterocycles. The van der Waals surface area contributed by atoms with Crippen molar-refractivity contribution in [1.82, 2.24) is 4.90 Å². The van der Waals surface area contributed by atoms with E-state index in [0.717, 1.165) is 17.9 Å². The van der Waals surface area contributed by atoms with Crippen molar-refractivity contribution in [2.24, 2.45) is 0 Å². The molecule has 1 aromatic heterocycles. The summed E-state index contributed by atoms with van der Waals surface area (Å²) in [4.78, 5) is 16.5. The quantitative estimate of drug-likeness (QED) is 0.278. The van der Waals surface area contributed by atoms with Crippen LogP contribution >= 0.6 is 11.3 Å². The summed E-state index contributed by atoms with van der Waals surface area (Å²) in [5.74, 6) is 0.973. The number of nitrogens with one attached hydrogen (secondary N) is 1. The lowest BCUT2D eigenvalue weighted by Crippen LogP contribution is -2.36. The van der Waals surface area contributed by atoms with Crippen molar-refractivity contribution in [2.45, 2.75) is 25.8 Å². The predicted molar refractivity (Wildman–Crippen MR) is 141 cm³/mol. The number of anilines is 1. The summed E-state index contributed by atoms with van der Waals surface area (Å²) in [6.07, 6.45) is 0.828. The highest BCUT2D eigenvalue weighted by Gasteiger charge is 2.20. The van der Waals surface area contributed by atoms with Crippen LogP contribution in [0.25, 0.3) is 0 Å². The van der Waals surface area contributed by atoms with Gasteiger partial charge in [0.25, 0.3) is 0 Å². The largest absolute Gasteiger partial charge is 0.497 e. The first-order chi connectivity index (χ1) is 16.6. The molecule has 2 amide bonds. The van der Waals surface area contributed by atoms with E-state index in [1.807, 2.05) is 41.3 Å². The monoisotopic (exact) mass is 470 g/mol. The maximum Gasteiger partial charge on any atom is 0.322 e. The van der Waals surface area contributed by atoms with Crippen molar-refractivity contribution < 1.29 is 9.53 Å². The molecule has 1 heterocycles. The number of carbonyl (C=O) groups excluding carboxylic acids is 1. The molecule has 0 spiro atoms. The number of benzene rings is 3. The molecule has 34 heavy (non-hydrogen) atoms. The van der Waals surface area contributed by atoms with Crippen molar-refractivity contribution in [2.75, 3.05) is 19.0 Å². The van der Waals surface area contributed by atoms with Crippen LogP contribution in [0.3, 0.4) is 0 Å². The number of hydrogen-bond donors (Lipinski definition) is 1. The van der Waals surface area contributed by atoms with Crippen molar-refractivity contribution in [3.05, 3.63) is 118 Å². The molecular formula is C29H30N2O2S. The molecule has 174 valence electrons. The third-order valence-electron chi connectivity index (χ3n) is 6.02. The number of urea groups is 1. The zero-order valence-electron chi connectivity index (χ0n) is 19.6. The molecule has 4 aromatic rings. The molecule has 0 fully saturated rings. The first-order valence-electron chi connectivity index (χ1n) is 11.5. The van der Waals surface area contributed by atoms with Crippen LogP contribution < -0.4 is 10.1 Å². The van der Waals surface area contributed by atoms with Crippen LogP contribution in [0, 0.1) is 6.92 Å². The minimum absolute atomic E-state index is 0.0992. The number of rotatable bonds is 9. The Morgan fingerprint density at radius 1 is 0.912 bits per heavy atom. The first-order valence-corrected chi connectivity index (χ1v) is 12.3. The van der Waals surface area contributed by atoms with Gasteiger partial charge in [-0.1, -0.05) is 60.7 Å². The summed E-state index contributed by atoms with van der Waals surface area (Å²) in [6, 6.07) is 30.5. The van der Waals surface area contributed by atoms with E-state index in [4.69, 9.17) is 4.74 Å². The van der Waals surface area contributed by atoms with Gasteiger partial charge >= 0.3 is 6.03 Å². The number of amides is 2. The Kier molecular flexibility index (Phi) is 7.99. The Labute approximate surface area is 205 Å². The second-order valence-electron chi connectivity index (χ2n) is 8.27. The molecule has 5 heteroatoms. The van der Waals surface area contributed by atoms with E-state index >= 15 is 0 Å². The highest BCUT2D eigenvalue weighted by atomic mass is 32.1. The summed E-state index contributed by atoms with van der Waals surface area (Å²) in [5.41, 5.74) is 4.49. The first kappa shape index (κ1) is 23.6. The molecule has 4 rings (SSSR count). The summed E-state index contributed by atoms with van der Waals surface area (Å²) in [7, 11) is 1.63. The smallest absolute Gasteiger partial charge is 0.322 e. The summed E-state index contributed by atoms with van der Waals surface area (Å²) in [6.45, 7) is 3.32. The third-order valence-corrected chi connectivity index (χ3v) is 7.03. The van der Waals surface area contributed by atoms with Gasteiger partial charge in [-0.2, -0.15) is 0 Å². The Hall–Kier alpha value is -3.57. The normalized spacial score (nSPS) is 10.8. The average molecular weight is 471 g/mol. The Morgan fingerprint density at radius 3 is 2.06 bits per heavy atom. The second kappa shape index (κ2) is 11.5. The van der Waals surface area contributed by atoms with Crippen molar-refractivity contribution >= 4 is 23.1 Å². The Bertz CT molecular complexity index is 1130. The highest BCUT2D eigenvalue weighted by Crippen LogP contribution is 2.29. The Balaban J connectivity index is 1.55. The van der Waals surface area contributed by atoms with Gasteiger partial charge < -0.3 is 15.0 Å². The van der Waals surface area contributed by atoms with E-state index in [9.17, 15) is 4.79 Å². The summed E-state index contributed by atoms with van der Waals surface area (Å²) < 4.78 is 5.23. The second-order valence-corrected chi connectivity index (χ2v) is 9.27. The van der Waals surface area contributed by atoms with Gasteiger partial charge in [-0.25, -0.2) is 4.79 Å². The van der Waals surface area contributed by atoms with Crippen LogP contribution in [0.4, 0.5) is 10.5 Å². The van der Waals surface area contributed by atoms with E-state index in [2.05, 4.69) is 72.2 Å². The number of methoxy groups -OCH3 is 1. The van der Waals surface area contributed by atoms with Crippen molar-refractivity contribution in [3.8, 4) is 5.75 Å². The van der Waals surface area contributed by atoms with Gasteiger partial charge in [0.1, 0.15) is 5.75 Å². The van der Waals surface area contributed by atoms with Gasteiger partial charge in [0.05, 0.1) is 13.7 Å². The van der Waals surface area contributed by atoms with E-state index in [1.54, 1.807) is 18.4 Å². The number of aryl methyl sites for hydroxylation is 1. The van der Waals surface area contributed by atoms with E-state index < -0.39 is 0 Å². The molecule has 0 aliphatic heterocycles. The fourth-order valence-corrected chi connectivity index (χ4v) is 4.97. The number of hydrogen-bond acceptors (Lipinski definition) is 3. The molecule has 1 N–H and O–H groups in total. The molecule has 0 unspecified atom stereocenters. The van der Waals surface area contributed by atoms with Gasteiger partial charge in [0.15, 0.2) is 0 Å². The molecule has 4 nitrogen and oxygen atoms in total. The van der Waals surface area contributed by atoms with Crippen molar-refractivity contribution in [3.63, 3.8) is 0 Å². The van der Waals surface area contributed by atoms with Crippen LogP contribution in [-0.4, -0.2) is 24.6 Å². The van der Waals surface area contributed by atoms with Crippen LogP contribution in [0.1, 0.15) is 33.9 Å². The lowest BCUT2D eigenvalue weighted by Gasteiger charge is -2.26. The molecule has 0 aliphatic rings. The summed E-state index contributed by atoms with van der Waals surface area (Å²) in [5, 5.41) is 5.15. The standard InChI is InChI=1S/C29H30N2O2S/c1-22-18-20-34-28(22)21-31(29(32)30-25-13-15-26(33-2)16-14-25)19-17-27(23-9-5-3-6-10-23)24-11-7-4-8-12-24/h3-16,18,20,27H,17,19,21H2,1-2H3,(H,30,32). The molecule has 0 radical (unpaired) electrons. The topological polar surface area (TPSA) is 41.6 Å². The molecule has 0 saturated carbocycles. The zero-order valence-corrected chi connectivity index (χ0v) is 20.4. The molecule has 3 aromatic carbocycles. The fraction of sp³-hybridized carbons (Fsp3) is 0.207. The number of ether oxygens (including phenoxy) is 1. The third kappa shape index (κ3) is 6.06. The average Bonchev–Trinajstić information content (AvgIpc) is 3.29. The van der Waals surface area contributed by atoms with Crippen molar-refractivity contribution in [1.29, 1.82) is 0 Å². The molecule has 0 aliphatic carbocycles. The fourth-order valence-electron chi connectivity index (χ4n) is 4.05. The minimum Gasteiger partial charge on any atom is -0.497 e. The van der Waals surface area contributed by atoms with Crippen LogP contribution in [0.15, 0.2) is 96.4 Å². The lowest BCUT2D eigenvalue weighted by molar-refractivity contribution is 0.208. The van der Waals surface area contributed by atoms with Gasteiger partial charge in [-0.05, 0) is 65.7 Å². The highest BCUT2D eigenvalue weighted by molar-refractivity contribution is 7.10. The van der Waals surface area contributed by atoms with Gasteiger partial charge in [-0.15, -0.1) is 11.3 Å². The van der Waals surface area contributed by atoms with Crippen LogP contribution in [0.2, 0.25) is 0 Å². The van der Waals surface area contributed by atoms with E-state index in [1.165, 1.54) is 21.6 Å². The van der Waals surface area contributed by atoms with Gasteiger partial charge in [0.2, 0.25) is 0 Å². The molecular weight excluding hydrogens is 440 g/mol. The van der Waals surface area contributed by atoms with Crippen LogP contribution in [0.5, 0.6) is 5.75 Å². The van der Waals surface area contributed by atoms with Gasteiger partial charge in [-0.3, -0.25) is 0 Å². The molecule has 0 bridgehead atoms. The molecule has 0 atom stereocenters. The number of nitrogens with zero attached hydrogens (tertiary/aromatic N) is 1. The number of carbonyl (C=O) groups is 1. The summed E-state index contributed by atoms with van der Waals surface area (Å²) >= 11 is 1.70. The SMILES string of the molecule is COc1ccc(NC(=O)N(CCC(c2ccccc2)c2ccccc2)Cc2sccc2C)cc1. The maximum absolute atomic E-state index is 13.4. The lowest BCUT2D eigenvalue weighted by atomic mass is 9.88. The van der Waals surface area contributed by atoms with E-state index in [0.29, 0.717) is 13.1 Å². The van der Waals surface area contributed by atoms with Crippen LogP contribution in [-0.2, 0) is 6.54 Å². The van der Waals surface area contributed by atoms with Gasteiger partial charge in [0, 0.05) is 23.0 Å². The van der Waals surface area contributed by atoms with E-state index in [-0.39, 0.29) is 11.9 Å². The number of thiophene rings is 1. The maximum atomic E-state index is 13.4. The minimum atomic E-state index is -0.0992.